The zero-order valence-electron chi connectivity index (χ0n) is 18.7. The van der Waals surface area contributed by atoms with Gasteiger partial charge in [-0.1, -0.05) is 56.5 Å². The number of aryl methyl sites for hydroxylation is 2. The van der Waals surface area contributed by atoms with Crippen molar-refractivity contribution >= 4 is 23.2 Å². The van der Waals surface area contributed by atoms with Crippen LogP contribution < -0.4 is 5.32 Å². The van der Waals surface area contributed by atoms with Crippen LogP contribution in [0.4, 0.5) is 0 Å². The molecule has 0 aliphatic rings. The topological polar surface area (TPSA) is 42.0 Å². The fourth-order valence-electron chi connectivity index (χ4n) is 3.33. The third-order valence-corrected chi connectivity index (χ3v) is 6.43. The maximum Gasteiger partial charge on any atom is 0.251 e. The number of aromatic nitrogens is 1. The second-order valence-electron chi connectivity index (χ2n) is 8.16. The van der Waals surface area contributed by atoms with Crippen molar-refractivity contribution in [1.29, 1.82) is 0 Å². The highest BCUT2D eigenvalue weighted by atomic mass is 32.2. The zero-order valence-corrected chi connectivity index (χ0v) is 19.6. The molecule has 2 aromatic carbocycles. The second kappa shape index (κ2) is 10.5. The molecule has 3 nitrogen and oxygen atoms in total. The van der Waals surface area contributed by atoms with Crippen LogP contribution in [-0.2, 0) is 0 Å². The van der Waals surface area contributed by atoms with Crippen molar-refractivity contribution in [2.24, 2.45) is 5.92 Å². The van der Waals surface area contributed by atoms with Gasteiger partial charge in [0.25, 0.3) is 5.91 Å². The third kappa shape index (κ3) is 5.86. The fraction of sp³-hybridized carbons (Fsp3) is 0.259. The number of rotatable bonds is 8. The van der Waals surface area contributed by atoms with E-state index in [1.165, 1.54) is 0 Å². The summed E-state index contributed by atoms with van der Waals surface area (Å²) >= 11 is 1.69. The standard InChI is InChI=1S/C27H30N2OS/c1-18(2)14-16-29-27(30)22-12-13-24(20(4)17-22)31-25-11-7-6-10-23(25)21(5)26-19(3)9-8-15-28-26/h6-13,15,17-18H,5,14,16H2,1-4H3,(H,29,30). The summed E-state index contributed by atoms with van der Waals surface area (Å²) < 4.78 is 0. The number of carbonyl (C=O) groups is 1. The largest absolute Gasteiger partial charge is 0.352 e. The number of benzene rings is 2. The Morgan fingerprint density at radius 1 is 1.03 bits per heavy atom. The van der Waals surface area contributed by atoms with Crippen molar-refractivity contribution in [2.75, 3.05) is 6.54 Å². The molecule has 0 saturated carbocycles. The van der Waals surface area contributed by atoms with Crippen molar-refractivity contribution in [1.82, 2.24) is 10.3 Å². The number of hydrogen-bond acceptors (Lipinski definition) is 3. The maximum atomic E-state index is 12.4. The minimum Gasteiger partial charge on any atom is -0.352 e. The molecule has 0 saturated heterocycles. The molecule has 1 heterocycles. The Labute approximate surface area is 190 Å². The minimum absolute atomic E-state index is 0.0142. The molecule has 1 amide bonds. The summed E-state index contributed by atoms with van der Waals surface area (Å²) in [6, 6.07) is 18.2. The van der Waals surface area contributed by atoms with Gasteiger partial charge in [-0.05, 0) is 73.2 Å². The summed E-state index contributed by atoms with van der Waals surface area (Å²) in [5.74, 6) is 0.560. The molecule has 0 fully saturated rings. The first-order valence-electron chi connectivity index (χ1n) is 10.6. The van der Waals surface area contributed by atoms with Crippen molar-refractivity contribution < 1.29 is 4.79 Å². The van der Waals surface area contributed by atoms with Gasteiger partial charge in [-0.15, -0.1) is 0 Å². The van der Waals surface area contributed by atoms with Crippen LogP contribution >= 0.6 is 11.8 Å². The zero-order chi connectivity index (χ0) is 22.4. The Kier molecular flexibility index (Phi) is 7.69. The molecule has 0 radical (unpaired) electrons. The number of amides is 1. The molecule has 0 aliphatic carbocycles. The summed E-state index contributed by atoms with van der Waals surface area (Å²) in [5.41, 5.74) is 5.80. The number of nitrogens with one attached hydrogen (secondary N) is 1. The average molecular weight is 431 g/mol. The lowest BCUT2D eigenvalue weighted by atomic mass is 10.0. The minimum atomic E-state index is -0.0142. The molecule has 0 aliphatic heterocycles. The van der Waals surface area contributed by atoms with E-state index in [1.807, 2.05) is 43.3 Å². The first kappa shape index (κ1) is 22.8. The van der Waals surface area contributed by atoms with Crippen LogP contribution in [0.2, 0.25) is 0 Å². The molecule has 160 valence electrons. The van der Waals surface area contributed by atoms with E-state index in [9.17, 15) is 4.79 Å². The fourth-order valence-corrected chi connectivity index (χ4v) is 4.37. The highest BCUT2D eigenvalue weighted by Gasteiger charge is 2.14. The van der Waals surface area contributed by atoms with Crippen LogP contribution in [0.15, 0.2) is 77.2 Å². The highest BCUT2D eigenvalue weighted by molar-refractivity contribution is 7.99. The molecule has 0 bridgehead atoms. The van der Waals surface area contributed by atoms with E-state index in [0.29, 0.717) is 18.0 Å². The Balaban J connectivity index is 1.80. The Bertz CT molecular complexity index is 1090. The number of carbonyl (C=O) groups excluding carboxylic acids is 1. The van der Waals surface area contributed by atoms with Gasteiger partial charge in [0.1, 0.15) is 0 Å². The molecule has 0 spiro atoms. The number of nitrogens with zero attached hydrogens (tertiary/aromatic N) is 1. The van der Waals surface area contributed by atoms with E-state index in [4.69, 9.17) is 0 Å². The predicted octanol–water partition coefficient (Wildman–Crippen LogP) is 6.69. The number of pyridine rings is 1. The van der Waals surface area contributed by atoms with E-state index in [-0.39, 0.29) is 5.91 Å². The SMILES string of the molecule is C=C(c1ccccc1Sc1ccc(C(=O)NCCC(C)C)cc1C)c1ncccc1C. The lowest BCUT2D eigenvalue weighted by Gasteiger charge is -2.14. The van der Waals surface area contributed by atoms with Crippen LogP contribution in [0, 0.1) is 19.8 Å². The van der Waals surface area contributed by atoms with Crippen LogP contribution in [0.3, 0.4) is 0 Å². The second-order valence-corrected chi connectivity index (χ2v) is 9.25. The summed E-state index contributed by atoms with van der Waals surface area (Å²) in [5, 5.41) is 3.01. The van der Waals surface area contributed by atoms with E-state index >= 15 is 0 Å². The van der Waals surface area contributed by atoms with Gasteiger partial charge in [-0.2, -0.15) is 0 Å². The van der Waals surface area contributed by atoms with Crippen molar-refractivity contribution in [3.05, 3.63) is 95.3 Å². The molecule has 0 atom stereocenters. The monoisotopic (exact) mass is 430 g/mol. The molecule has 0 unspecified atom stereocenters. The molecule has 4 heteroatoms. The molecule has 31 heavy (non-hydrogen) atoms. The van der Waals surface area contributed by atoms with Gasteiger partial charge in [-0.25, -0.2) is 0 Å². The number of hydrogen-bond donors (Lipinski definition) is 1. The van der Waals surface area contributed by atoms with Crippen LogP contribution in [0.1, 0.15) is 53.0 Å². The third-order valence-electron chi connectivity index (χ3n) is 5.17. The molecule has 3 rings (SSSR count). The van der Waals surface area contributed by atoms with E-state index in [2.05, 4.69) is 55.9 Å². The quantitative estimate of drug-likeness (QED) is 0.433. The van der Waals surface area contributed by atoms with Crippen LogP contribution in [0.5, 0.6) is 0 Å². The Hall–Kier alpha value is -2.85. The molecule has 3 aromatic rings. The van der Waals surface area contributed by atoms with Gasteiger partial charge < -0.3 is 5.32 Å². The summed E-state index contributed by atoms with van der Waals surface area (Å²) in [6.07, 6.45) is 2.79. The predicted molar refractivity (Wildman–Crippen MR) is 131 cm³/mol. The van der Waals surface area contributed by atoms with Crippen LogP contribution in [-0.4, -0.2) is 17.4 Å². The first-order chi connectivity index (χ1) is 14.9. The summed E-state index contributed by atoms with van der Waals surface area (Å²) in [6.45, 7) is 13.4. The maximum absolute atomic E-state index is 12.4. The first-order valence-corrected chi connectivity index (χ1v) is 11.5. The van der Waals surface area contributed by atoms with Crippen molar-refractivity contribution in [3.8, 4) is 0 Å². The lowest BCUT2D eigenvalue weighted by Crippen LogP contribution is -2.25. The van der Waals surface area contributed by atoms with Gasteiger partial charge in [0, 0.05) is 33.7 Å². The van der Waals surface area contributed by atoms with Gasteiger partial charge in [0.05, 0.1) is 5.69 Å². The van der Waals surface area contributed by atoms with E-state index in [1.54, 1.807) is 18.0 Å². The highest BCUT2D eigenvalue weighted by Crippen LogP contribution is 2.37. The van der Waals surface area contributed by atoms with Crippen molar-refractivity contribution in [3.63, 3.8) is 0 Å². The smallest absolute Gasteiger partial charge is 0.251 e. The molecular weight excluding hydrogens is 400 g/mol. The molecule has 1 aromatic heterocycles. The summed E-state index contributed by atoms with van der Waals surface area (Å²) in [7, 11) is 0. The van der Waals surface area contributed by atoms with E-state index in [0.717, 1.165) is 44.2 Å². The molecular formula is C27H30N2OS. The van der Waals surface area contributed by atoms with Gasteiger partial charge in [-0.3, -0.25) is 9.78 Å². The van der Waals surface area contributed by atoms with Crippen LogP contribution in [0.25, 0.3) is 5.57 Å². The Morgan fingerprint density at radius 2 is 1.81 bits per heavy atom. The average Bonchev–Trinajstić information content (AvgIpc) is 2.75. The van der Waals surface area contributed by atoms with Gasteiger partial charge in [0.2, 0.25) is 0 Å². The Morgan fingerprint density at radius 3 is 2.52 bits per heavy atom. The van der Waals surface area contributed by atoms with Gasteiger partial charge in [0.15, 0.2) is 0 Å². The molecule has 1 N–H and O–H groups in total. The van der Waals surface area contributed by atoms with E-state index < -0.39 is 0 Å². The normalized spacial score (nSPS) is 10.9. The summed E-state index contributed by atoms with van der Waals surface area (Å²) in [4.78, 5) is 19.2. The lowest BCUT2D eigenvalue weighted by molar-refractivity contribution is 0.0952. The van der Waals surface area contributed by atoms with Gasteiger partial charge >= 0.3 is 0 Å². The van der Waals surface area contributed by atoms with Crippen molar-refractivity contribution in [2.45, 2.75) is 43.9 Å².